The molecule has 1 aromatic heterocycles. The summed E-state index contributed by atoms with van der Waals surface area (Å²) in [5.41, 5.74) is 1.45. The van der Waals surface area contributed by atoms with Gasteiger partial charge < -0.3 is 9.47 Å². The molecule has 102 valence electrons. The van der Waals surface area contributed by atoms with Crippen LogP contribution in [-0.2, 0) is 6.42 Å². The van der Waals surface area contributed by atoms with Crippen LogP contribution >= 0.6 is 0 Å². The summed E-state index contributed by atoms with van der Waals surface area (Å²) in [6.07, 6.45) is 3.09. The van der Waals surface area contributed by atoms with E-state index in [4.69, 9.17) is 9.47 Å². The van der Waals surface area contributed by atoms with Gasteiger partial charge in [0.05, 0.1) is 0 Å². The first kappa shape index (κ1) is 12.7. The van der Waals surface area contributed by atoms with Gasteiger partial charge in [-0.1, -0.05) is 12.1 Å². The zero-order valence-corrected chi connectivity index (χ0v) is 11.4. The number of rotatable bonds is 3. The third-order valence-corrected chi connectivity index (χ3v) is 3.16. The van der Waals surface area contributed by atoms with E-state index in [1.54, 1.807) is 12.1 Å². The van der Waals surface area contributed by atoms with Crippen molar-refractivity contribution in [3.8, 4) is 17.4 Å². The van der Waals surface area contributed by atoms with Crippen molar-refractivity contribution in [2.24, 2.45) is 0 Å². The number of nitrogens with zero attached hydrogens (tertiary/aromatic N) is 1. The Hall–Kier alpha value is -2.36. The second-order valence-electron chi connectivity index (χ2n) is 5.43. The van der Waals surface area contributed by atoms with Crippen LogP contribution < -0.4 is 9.47 Å². The van der Waals surface area contributed by atoms with E-state index in [9.17, 15) is 4.79 Å². The fourth-order valence-electron chi connectivity index (χ4n) is 2.30. The molecule has 2 heterocycles. The van der Waals surface area contributed by atoms with E-state index in [2.05, 4.69) is 4.98 Å². The Labute approximate surface area is 117 Å². The van der Waals surface area contributed by atoms with Crippen LogP contribution in [0.2, 0.25) is 0 Å². The maximum atomic E-state index is 10.6. The lowest BCUT2D eigenvalue weighted by Crippen LogP contribution is -2.24. The van der Waals surface area contributed by atoms with Gasteiger partial charge in [0.15, 0.2) is 17.8 Å². The summed E-state index contributed by atoms with van der Waals surface area (Å²) in [4.78, 5) is 14.7. The summed E-state index contributed by atoms with van der Waals surface area (Å²) in [6.45, 7) is 4.10. The standard InChI is InChI=1S/C16H15NO3/c1-16(2)8-12-4-3-5-13(15(12)20-16)19-14-7-6-11(10-18)9-17-14/h3-7,9-10H,8H2,1-2H3. The van der Waals surface area contributed by atoms with Crippen molar-refractivity contribution in [1.29, 1.82) is 0 Å². The molecular formula is C16H15NO3. The molecule has 1 aliphatic rings. The largest absolute Gasteiger partial charge is 0.483 e. The Morgan fingerprint density at radius 1 is 1.30 bits per heavy atom. The lowest BCUT2D eigenvalue weighted by Gasteiger charge is -2.18. The predicted octanol–water partition coefficient (Wildman–Crippen LogP) is 3.40. The number of pyridine rings is 1. The second kappa shape index (κ2) is 4.63. The molecule has 0 saturated carbocycles. The maximum Gasteiger partial charge on any atom is 0.219 e. The quantitative estimate of drug-likeness (QED) is 0.801. The third-order valence-electron chi connectivity index (χ3n) is 3.16. The van der Waals surface area contributed by atoms with Gasteiger partial charge in [0.25, 0.3) is 0 Å². The van der Waals surface area contributed by atoms with Crippen molar-refractivity contribution >= 4 is 6.29 Å². The number of hydrogen-bond donors (Lipinski definition) is 0. The molecule has 1 aliphatic heterocycles. The van der Waals surface area contributed by atoms with Gasteiger partial charge in [-0.2, -0.15) is 0 Å². The van der Waals surface area contributed by atoms with Gasteiger partial charge in [0.2, 0.25) is 5.88 Å². The Morgan fingerprint density at radius 2 is 2.15 bits per heavy atom. The number of aromatic nitrogens is 1. The number of ether oxygens (including phenoxy) is 2. The molecule has 0 fully saturated rings. The highest BCUT2D eigenvalue weighted by atomic mass is 16.5. The van der Waals surface area contributed by atoms with Gasteiger partial charge in [-0.15, -0.1) is 0 Å². The summed E-state index contributed by atoms with van der Waals surface area (Å²) in [5.74, 6) is 1.87. The van der Waals surface area contributed by atoms with Crippen LogP contribution in [0, 0.1) is 0 Å². The third kappa shape index (κ3) is 2.37. The van der Waals surface area contributed by atoms with E-state index in [-0.39, 0.29) is 5.60 Å². The van der Waals surface area contributed by atoms with Gasteiger partial charge in [0, 0.05) is 29.8 Å². The minimum absolute atomic E-state index is 0.212. The van der Waals surface area contributed by atoms with Gasteiger partial charge >= 0.3 is 0 Å². The van der Waals surface area contributed by atoms with Crippen LogP contribution in [0.15, 0.2) is 36.5 Å². The van der Waals surface area contributed by atoms with Crippen molar-refractivity contribution in [3.63, 3.8) is 0 Å². The normalized spacial score (nSPS) is 15.3. The van der Waals surface area contributed by atoms with Crippen molar-refractivity contribution in [2.75, 3.05) is 0 Å². The molecular weight excluding hydrogens is 254 g/mol. The molecule has 2 aromatic rings. The number of carbonyl (C=O) groups excluding carboxylic acids is 1. The average Bonchev–Trinajstić information content (AvgIpc) is 2.75. The van der Waals surface area contributed by atoms with E-state index in [1.165, 1.54) is 6.20 Å². The first-order chi connectivity index (χ1) is 9.57. The lowest BCUT2D eigenvalue weighted by atomic mass is 10.0. The molecule has 0 bridgehead atoms. The van der Waals surface area contributed by atoms with Crippen molar-refractivity contribution in [3.05, 3.63) is 47.7 Å². The van der Waals surface area contributed by atoms with Gasteiger partial charge in [-0.05, 0) is 26.0 Å². The van der Waals surface area contributed by atoms with E-state index >= 15 is 0 Å². The first-order valence-corrected chi connectivity index (χ1v) is 6.47. The van der Waals surface area contributed by atoms with E-state index in [1.807, 2.05) is 32.0 Å². The lowest BCUT2D eigenvalue weighted by molar-refractivity contribution is 0.112. The summed E-state index contributed by atoms with van der Waals surface area (Å²) in [5, 5.41) is 0. The predicted molar refractivity (Wildman–Crippen MR) is 74.6 cm³/mol. The maximum absolute atomic E-state index is 10.6. The number of hydrogen-bond acceptors (Lipinski definition) is 4. The Bertz CT molecular complexity index is 647. The number of aldehydes is 1. The summed E-state index contributed by atoms with van der Waals surface area (Å²) >= 11 is 0. The Kier molecular flexibility index (Phi) is 2.93. The molecule has 0 amide bonds. The minimum atomic E-state index is -0.212. The van der Waals surface area contributed by atoms with Gasteiger partial charge in [0.1, 0.15) is 5.60 Å². The van der Waals surface area contributed by atoms with Crippen molar-refractivity contribution < 1.29 is 14.3 Å². The molecule has 0 atom stereocenters. The van der Waals surface area contributed by atoms with E-state index < -0.39 is 0 Å². The first-order valence-electron chi connectivity index (χ1n) is 6.47. The SMILES string of the molecule is CC1(C)Cc2cccc(Oc3ccc(C=O)cn3)c2O1. The summed E-state index contributed by atoms with van der Waals surface area (Å²) in [6, 6.07) is 9.18. The molecule has 3 rings (SSSR count). The Morgan fingerprint density at radius 3 is 2.85 bits per heavy atom. The molecule has 0 saturated heterocycles. The number of benzene rings is 1. The highest BCUT2D eigenvalue weighted by Crippen LogP contribution is 2.42. The molecule has 0 radical (unpaired) electrons. The van der Waals surface area contributed by atoms with E-state index in [0.717, 1.165) is 24.0 Å². The Balaban J connectivity index is 1.89. The zero-order chi connectivity index (χ0) is 14.2. The van der Waals surface area contributed by atoms with Crippen molar-refractivity contribution in [1.82, 2.24) is 4.98 Å². The molecule has 1 aromatic carbocycles. The topological polar surface area (TPSA) is 48.4 Å². The smallest absolute Gasteiger partial charge is 0.219 e. The minimum Gasteiger partial charge on any atom is -0.483 e. The second-order valence-corrected chi connectivity index (χ2v) is 5.43. The molecule has 4 nitrogen and oxygen atoms in total. The van der Waals surface area contributed by atoms with Crippen LogP contribution in [0.1, 0.15) is 29.8 Å². The zero-order valence-electron chi connectivity index (χ0n) is 11.4. The number of fused-ring (bicyclic) bond motifs is 1. The van der Waals surface area contributed by atoms with Crippen molar-refractivity contribution in [2.45, 2.75) is 25.9 Å². The van der Waals surface area contributed by atoms with Crippen LogP contribution in [0.5, 0.6) is 17.4 Å². The number of carbonyl (C=O) groups is 1. The van der Waals surface area contributed by atoms with Crippen LogP contribution in [0.3, 0.4) is 0 Å². The van der Waals surface area contributed by atoms with Gasteiger partial charge in [-0.3, -0.25) is 4.79 Å². The molecule has 4 heteroatoms. The molecule has 0 N–H and O–H groups in total. The number of para-hydroxylation sites is 1. The average molecular weight is 269 g/mol. The van der Waals surface area contributed by atoms with Crippen LogP contribution in [0.25, 0.3) is 0 Å². The fourth-order valence-corrected chi connectivity index (χ4v) is 2.30. The highest BCUT2D eigenvalue weighted by molar-refractivity contribution is 5.74. The summed E-state index contributed by atoms with van der Waals surface area (Å²) < 4.78 is 11.7. The fraction of sp³-hybridized carbons (Fsp3) is 0.250. The van der Waals surface area contributed by atoms with Crippen LogP contribution in [0.4, 0.5) is 0 Å². The van der Waals surface area contributed by atoms with Gasteiger partial charge in [-0.25, -0.2) is 4.98 Å². The van der Waals surface area contributed by atoms with Crippen LogP contribution in [-0.4, -0.2) is 16.9 Å². The molecule has 0 unspecified atom stereocenters. The molecule has 0 spiro atoms. The highest BCUT2D eigenvalue weighted by Gasteiger charge is 2.32. The summed E-state index contributed by atoms with van der Waals surface area (Å²) in [7, 11) is 0. The van der Waals surface area contributed by atoms with E-state index in [0.29, 0.717) is 17.2 Å². The molecule has 20 heavy (non-hydrogen) atoms. The monoisotopic (exact) mass is 269 g/mol. The molecule has 0 aliphatic carbocycles.